The molecule has 0 aromatic heterocycles. The number of hydrogen-bond acceptors (Lipinski definition) is 2. The molecule has 0 bridgehead atoms. The summed E-state index contributed by atoms with van der Waals surface area (Å²) in [5, 5.41) is 14.4. The van der Waals surface area contributed by atoms with Crippen LogP contribution in [-0.4, -0.2) is 18.3 Å². The summed E-state index contributed by atoms with van der Waals surface area (Å²) in [5.41, 5.74) is 3.27. The molecule has 1 aliphatic heterocycles. The maximum atomic E-state index is 12.9. The molecule has 3 aromatic rings. The first-order chi connectivity index (χ1) is 16.9. The topological polar surface area (TPSA) is 65.2 Å². The lowest BCUT2D eigenvalue weighted by molar-refractivity contribution is 0.100. The van der Waals surface area contributed by atoms with Crippen LogP contribution < -0.4 is 5.32 Å². The number of aliphatic imine (C=N–C) groups is 1. The smallest absolute Gasteiger partial charge is 0.278 e. The average Bonchev–Trinajstić information content (AvgIpc) is 3.27. The van der Waals surface area contributed by atoms with Gasteiger partial charge in [-0.3, -0.25) is 4.79 Å². The van der Waals surface area contributed by atoms with Crippen LogP contribution in [-0.2, 0) is 0 Å². The number of nitriles is 1. The van der Waals surface area contributed by atoms with Crippen molar-refractivity contribution in [3.63, 3.8) is 0 Å². The van der Waals surface area contributed by atoms with E-state index in [1.807, 2.05) is 24.3 Å². The summed E-state index contributed by atoms with van der Waals surface area (Å²) in [6.07, 6.45) is 1.80. The fourth-order valence-corrected chi connectivity index (χ4v) is 6.24. The van der Waals surface area contributed by atoms with E-state index in [0.29, 0.717) is 26.2 Å². The van der Waals surface area contributed by atoms with Gasteiger partial charge in [0.15, 0.2) is 0 Å². The molecule has 1 amide bonds. The summed E-state index contributed by atoms with van der Waals surface area (Å²) in [6, 6.07) is 22.4. The molecule has 1 saturated carbocycles. The second kappa shape index (κ2) is 10.0. The van der Waals surface area contributed by atoms with E-state index in [0.717, 1.165) is 30.8 Å². The summed E-state index contributed by atoms with van der Waals surface area (Å²) in [7, 11) is 0. The van der Waals surface area contributed by atoms with Crippen LogP contribution in [0, 0.1) is 23.2 Å². The highest BCUT2D eigenvalue weighted by Gasteiger charge is 2.46. The Kier molecular flexibility index (Phi) is 6.84. The van der Waals surface area contributed by atoms with Gasteiger partial charge in [-0.05, 0) is 90.3 Å². The minimum atomic E-state index is -0.302. The molecule has 0 radical (unpaired) electrons. The van der Waals surface area contributed by atoms with Gasteiger partial charge < -0.3 is 5.32 Å². The normalized spacial score (nSPS) is 24.5. The summed E-state index contributed by atoms with van der Waals surface area (Å²) < 4.78 is 0. The van der Waals surface area contributed by atoms with Gasteiger partial charge in [0.25, 0.3) is 5.91 Å². The average molecular weight is 523 g/mol. The van der Waals surface area contributed by atoms with E-state index >= 15 is 0 Å². The van der Waals surface area contributed by atoms with Crippen molar-refractivity contribution in [2.45, 2.75) is 24.7 Å². The Hall–Kier alpha value is -2.84. The number of benzene rings is 3. The number of hydrogen-bond donors (Lipinski definition) is 1. The number of halogens is 3. The SMILES string of the molecule is N#Cc1ccc(C(=O)/N=C2\NC[C@H]3C2CCC(c2ccc(Cl)cc2Cl)C3c2ccc(Cl)cc2)cc1. The number of nitrogens with one attached hydrogen (secondary N) is 1. The molecular weight excluding hydrogens is 501 g/mol. The van der Waals surface area contributed by atoms with Crippen molar-refractivity contribution in [1.82, 2.24) is 5.32 Å². The second-order valence-electron chi connectivity index (χ2n) is 9.07. The van der Waals surface area contributed by atoms with Gasteiger partial charge in [-0.2, -0.15) is 10.3 Å². The van der Waals surface area contributed by atoms with Crippen molar-refractivity contribution in [3.8, 4) is 6.07 Å². The third-order valence-electron chi connectivity index (χ3n) is 7.17. The van der Waals surface area contributed by atoms with Crippen LogP contribution in [0.3, 0.4) is 0 Å². The lowest BCUT2D eigenvalue weighted by Gasteiger charge is -2.40. The number of fused-ring (bicyclic) bond motifs is 1. The fourth-order valence-electron chi connectivity index (χ4n) is 5.56. The molecule has 35 heavy (non-hydrogen) atoms. The van der Waals surface area contributed by atoms with Crippen molar-refractivity contribution < 1.29 is 4.79 Å². The van der Waals surface area contributed by atoms with Crippen LogP contribution in [0.4, 0.5) is 0 Å². The molecule has 3 unspecified atom stereocenters. The molecule has 176 valence electrons. The van der Waals surface area contributed by atoms with Crippen LogP contribution >= 0.6 is 34.8 Å². The molecule has 2 aliphatic rings. The zero-order valence-electron chi connectivity index (χ0n) is 18.7. The van der Waals surface area contributed by atoms with E-state index in [-0.39, 0.29) is 29.6 Å². The highest BCUT2D eigenvalue weighted by atomic mass is 35.5. The molecule has 2 fully saturated rings. The summed E-state index contributed by atoms with van der Waals surface area (Å²) in [5.74, 6) is 1.20. The minimum absolute atomic E-state index is 0.139. The van der Waals surface area contributed by atoms with E-state index in [1.54, 1.807) is 30.3 Å². The lowest BCUT2D eigenvalue weighted by Crippen LogP contribution is -2.33. The molecule has 7 heteroatoms. The Labute approximate surface area is 219 Å². The van der Waals surface area contributed by atoms with E-state index < -0.39 is 0 Å². The van der Waals surface area contributed by atoms with Crippen molar-refractivity contribution in [2.75, 3.05) is 6.54 Å². The predicted molar refractivity (Wildman–Crippen MR) is 141 cm³/mol. The van der Waals surface area contributed by atoms with E-state index in [1.165, 1.54) is 5.56 Å². The molecule has 1 aliphatic carbocycles. The molecule has 5 rings (SSSR count). The summed E-state index contributed by atoms with van der Waals surface area (Å²) >= 11 is 19.0. The van der Waals surface area contributed by atoms with Gasteiger partial charge in [0.2, 0.25) is 0 Å². The molecule has 4 nitrogen and oxygen atoms in total. The maximum Gasteiger partial charge on any atom is 0.278 e. The molecule has 0 spiro atoms. The van der Waals surface area contributed by atoms with Crippen LogP contribution in [0.1, 0.15) is 51.7 Å². The summed E-state index contributed by atoms with van der Waals surface area (Å²) in [4.78, 5) is 17.3. The van der Waals surface area contributed by atoms with Gasteiger partial charge in [0, 0.05) is 33.1 Å². The van der Waals surface area contributed by atoms with E-state index in [2.05, 4.69) is 28.5 Å². The Morgan fingerprint density at radius 1 is 0.914 bits per heavy atom. The fraction of sp³-hybridized carbons (Fsp3) is 0.250. The first kappa shape index (κ1) is 23.9. The zero-order chi connectivity index (χ0) is 24.5. The van der Waals surface area contributed by atoms with Crippen LogP contribution in [0.5, 0.6) is 0 Å². The predicted octanol–water partition coefficient (Wildman–Crippen LogP) is 7.25. The Balaban J connectivity index is 1.48. The van der Waals surface area contributed by atoms with Crippen LogP contribution in [0.25, 0.3) is 0 Å². The highest BCUT2D eigenvalue weighted by Crippen LogP contribution is 2.52. The highest BCUT2D eigenvalue weighted by molar-refractivity contribution is 6.35. The van der Waals surface area contributed by atoms with E-state index in [4.69, 9.17) is 40.1 Å². The van der Waals surface area contributed by atoms with Gasteiger partial charge in [-0.25, -0.2) is 0 Å². The van der Waals surface area contributed by atoms with Gasteiger partial charge >= 0.3 is 0 Å². The van der Waals surface area contributed by atoms with Crippen molar-refractivity contribution in [1.29, 1.82) is 5.26 Å². The second-order valence-corrected chi connectivity index (χ2v) is 10.3. The Bertz CT molecular complexity index is 1330. The van der Waals surface area contributed by atoms with Crippen LogP contribution in [0.2, 0.25) is 15.1 Å². The molecule has 1 N–H and O–H groups in total. The molecule has 1 heterocycles. The van der Waals surface area contributed by atoms with Gasteiger partial charge in [-0.15, -0.1) is 0 Å². The number of amides is 1. The largest absolute Gasteiger partial charge is 0.373 e. The quantitative estimate of drug-likeness (QED) is 0.394. The maximum absolute atomic E-state index is 12.9. The summed E-state index contributed by atoms with van der Waals surface area (Å²) in [6.45, 7) is 0.721. The zero-order valence-corrected chi connectivity index (χ0v) is 21.0. The first-order valence-electron chi connectivity index (χ1n) is 11.5. The molecule has 1 saturated heterocycles. The Morgan fingerprint density at radius 3 is 2.29 bits per heavy atom. The van der Waals surface area contributed by atoms with Crippen molar-refractivity contribution in [3.05, 3.63) is 104 Å². The molecule has 4 atom stereocenters. The van der Waals surface area contributed by atoms with Gasteiger partial charge in [-0.1, -0.05) is 53.0 Å². The number of amidine groups is 1. The van der Waals surface area contributed by atoms with E-state index in [9.17, 15) is 4.79 Å². The number of carbonyl (C=O) groups excluding carboxylic acids is 1. The minimum Gasteiger partial charge on any atom is -0.373 e. The Morgan fingerprint density at radius 2 is 1.60 bits per heavy atom. The lowest BCUT2D eigenvalue weighted by atomic mass is 9.63. The number of carbonyl (C=O) groups is 1. The van der Waals surface area contributed by atoms with Crippen LogP contribution in [0.15, 0.2) is 71.7 Å². The standard InChI is InChI=1S/C28H22Cl3N3O/c29-19-7-5-17(6-8-19)26-22(21-10-9-20(30)13-25(21)31)11-12-23-24(26)15-33-27(23)34-28(35)18-3-1-16(14-32)2-4-18/h1-10,13,22-24,26H,11-12,15H2,(H,33,34,35)/t22?,23?,24-,26?/m0/s1. The molecular formula is C28H22Cl3N3O. The van der Waals surface area contributed by atoms with Crippen molar-refractivity contribution >= 4 is 46.5 Å². The first-order valence-corrected chi connectivity index (χ1v) is 12.7. The number of rotatable bonds is 3. The molecule has 3 aromatic carbocycles. The third-order valence-corrected chi connectivity index (χ3v) is 7.98. The monoisotopic (exact) mass is 521 g/mol. The number of nitrogens with zero attached hydrogens (tertiary/aromatic N) is 2. The van der Waals surface area contributed by atoms with Gasteiger partial charge in [0.05, 0.1) is 11.6 Å². The third kappa shape index (κ3) is 4.82. The van der Waals surface area contributed by atoms with Gasteiger partial charge in [0.1, 0.15) is 5.84 Å². The van der Waals surface area contributed by atoms with Crippen molar-refractivity contribution in [2.24, 2.45) is 16.8 Å².